The van der Waals surface area contributed by atoms with E-state index in [-0.39, 0.29) is 23.3 Å². The summed E-state index contributed by atoms with van der Waals surface area (Å²) in [4.78, 5) is 22.2. The standard InChI is InChI=1S/C34H34O4/c1-5-25-16-29(30(6-2)27-13-9-24(20-36)10-14-27)18-32(34(25)38)31-17-28(15-21(3)33(31)37)22(4)26-11-7-23(19-35)8-12-26/h7-20,22,30,37-38H,5-6H2,1-4H3. The van der Waals surface area contributed by atoms with E-state index in [1.54, 1.807) is 0 Å². The van der Waals surface area contributed by atoms with Gasteiger partial charge < -0.3 is 10.2 Å². The molecule has 0 radical (unpaired) electrons. The minimum absolute atomic E-state index is 0.0180. The number of aromatic hydroxyl groups is 2. The van der Waals surface area contributed by atoms with Crippen LogP contribution < -0.4 is 0 Å². The number of hydrogen-bond acceptors (Lipinski definition) is 4. The Morgan fingerprint density at radius 2 is 1.21 bits per heavy atom. The fourth-order valence-electron chi connectivity index (χ4n) is 5.18. The Balaban J connectivity index is 1.84. The van der Waals surface area contributed by atoms with Gasteiger partial charge in [-0.3, -0.25) is 9.59 Å². The molecule has 38 heavy (non-hydrogen) atoms. The van der Waals surface area contributed by atoms with Gasteiger partial charge in [0.25, 0.3) is 0 Å². The molecule has 2 atom stereocenters. The zero-order chi connectivity index (χ0) is 27.4. The number of benzene rings is 4. The number of hydrogen-bond donors (Lipinski definition) is 2. The van der Waals surface area contributed by atoms with Crippen molar-refractivity contribution in [3.05, 3.63) is 117 Å². The first kappa shape index (κ1) is 26.9. The number of rotatable bonds is 9. The Bertz CT molecular complexity index is 1450. The van der Waals surface area contributed by atoms with Crippen LogP contribution in [0.2, 0.25) is 0 Å². The number of phenolic OH excluding ortho intramolecular Hbond substituents is 2. The average molecular weight is 507 g/mol. The van der Waals surface area contributed by atoms with Crippen molar-refractivity contribution in [1.82, 2.24) is 0 Å². The maximum Gasteiger partial charge on any atom is 0.150 e. The van der Waals surface area contributed by atoms with Crippen LogP contribution >= 0.6 is 0 Å². The SMILES string of the molecule is CCc1cc(C(CC)c2ccc(C=O)cc2)cc(-c2cc(C(C)c3ccc(C=O)cc3)cc(C)c2O)c1O. The van der Waals surface area contributed by atoms with Crippen LogP contribution in [0, 0.1) is 6.92 Å². The zero-order valence-electron chi connectivity index (χ0n) is 22.4. The van der Waals surface area contributed by atoms with Crippen molar-refractivity contribution in [1.29, 1.82) is 0 Å². The Kier molecular flexibility index (Phi) is 8.11. The first-order chi connectivity index (χ1) is 18.3. The van der Waals surface area contributed by atoms with Gasteiger partial charge in [0.1, 0.15) is 24.1 Å². The highest BCUT2D eigenvalue weighted by Crippen LogP contribution is 2.44. The molecule has 0 bridgehead atoms. The van der Waals surface area contributed by atoms with Crippen molar-refractivity contribution in [3.8, 4) is 22.6 Å². The molecule has 4 aromatic carbocycles. The van der Waals surface area contributed by atoms with Gasteiger partial charge in [0, 0.05) is 34.1 Å². The molecule has 4 nitrogen and oxygen atoms in total. The third kappa shape index (κ3) is 5.26. The minimum Gasteiger partial charge on any atom is -0.507 e. The van der Waals surface area contributed by atoms with Gasteiger partial charge in [0.15, 0.2) is 0 Å². The van der Waals surface area contributed by atoms with Crippen LogP contribution in [0.3, 0.4) is 0 Å². The highest BCUT2D eigenvalue weighted by atomic mass is 16.3. The van der Waals surface area contributed by atoms with Crippen molar-refractivity contribution in [2.45, 2.75) is 52.4 Å². The van der Waals surface area contributed by atoms with Crippen LogP contribution in [0.5, 0.6) is 11.5 Å². The highest BCUT2D eigenvalue weighted by molar-refractivity contribution is 5.80. The molecule has 0 saturated carbocycles. The topological polar surface area (TPSA) is 74.6 Å². The summed E-state index contributed by atoms with van der Waals surface area (Å²) in [5.41, 5.74) is 8.23. The lowest BCUT2D eigenvalue weighted by Crippen LogP contribution is -2.03. The monoisotopic (exact) mass is 506 g/mol. The van der Waals surface area contributed by atoms with E-state index in [2.05, 4.69) is 13.8 Å². The molecule has 4 rings (SSSR count). The number of carbonyl (C=O) groups excluding carboxylic acids is 2. The Labute approximate surface area is 224 Å². The number of aldehydes is 2. The van der Waals surface area contributed by atoms with Gasteiger partial charge >= 0.3 is 0 Å². The van der Waals surface area contributed by atoms with Crippen molar-refractivity contribution in [2.75, 3.05) is 0 Å². The van der Waals surface area contributed by atoms with E-state index >= 15 is 0 Å². The molecule has 0 heterocycles. The Morgan fingerprint density at radius 1 is 0.684 bits per heavy atom. The summed E-state index contributed by atoms with van der Waals surface area (Å²) < 4.78 is 0. The van der Waals surface area contributed by atoms with Crippen LogP contribution in [0.25, 0.3) is 11.1 Å². The van der Waals surface area contributed by atoms with Crippen LogP contribution in [0.1, 0.15) is 93.1 Å². The fraction of sp³-hybridized carbons (Fsp3) is 0.235. The second kappa shape index (κ2) is 11.5. The third-order valence-corrected chi connectivity index (χ3v) is 7.56. The predicted octanol–water partition coefficient (Wildman–Crippen LogP) is 7.95. The number of carbonyl (C=O) groups is 2. The second-order valence-corrected chi connectivity index (χ2v) is 9.92. The lowest BCUT2D eigenvalue weighted by atomic mass is 9.84. The summed E-state index contributed by atoms with van der Waals surface area (Å²) in [6.07, 6.45) is 3.16. The average Bonchev–Trinajstić information content (AvgIpc) is 2.95. The summed E-state index contributed by atoms with van der Waals surface area (Å²) in [5.74, 6) is 0.416. The van der Waals surface area contributed by atoms with E-state index in [0.717, 1.165) is 52.4 Å². The molecule has 0 fully saturated rings. The van der Waals surface area contributed by atoms with Crippen LogP contribution in [-0.2, 0) is 6.42 Å². The maximum absolute atomic E-state index is 11.3. The van der Waals surface area contributed by atoms with Gasteiger partial charge in [0.05, 0.1) is 0 Å². The molecule has 2 unspecified atom stereocenters. The Morgan fingerprint density at radius 3 is 1.74 bits per heavy atom. The predicted molar refractivity (Wildman–Crippen MR) is 153 cm³/mol. The largest absolute Gasteiger partial charge is 0.507 e. The molecule has 0 aromatic heterocycles. The van der Waals surface area contributed by atoms with E-state index in [1.807, 2.05) is 86.6 Å². The molecule has 0 aliphatic carbocycles. The molecule has 4 heteroatoms. The van der Waals surface area contributed by atoms with Crippen molar-refractivity contribution in [2.24, 2.45) is 0 Å². The van der Waals surface area contributed by atoms with Crippen LogP contribution in [0.15, 0.2) is 72.8 Å². The summed E-state index contributed by atoms with van der Waals surface area (Å²) in [6, 6.07) is 23.1. The van der Waals surface area contributed by atoms with Crippen molar-refractivity contribution < 1.29 is 19.8 Å². The van der Waals surface area contributed by atoms with Crippen LogP contribution in [-0.4, -0.2) is 22.8 Å². The second-order valence-electron chi connectivity index (χ2n) is 9.92. The molecule has 4 aromatic rings. The van der Waals surface area contributed by atoms with E-state index < -0.39 is 0 Å². The van der Waals surface area contributed by atoms with Gasteiger partial charge in [-0.1, -0.05) is 81.4 Å². The highest BCUT2D eigenvalue weighted by Gasteiger charge is 2.21. The zero-order valence-corrected chi connectivity index (χ0v) is 22.4. The van der Waals surface area contributed by atoms with E-state index in [1.165, 1.54) is 0 Å². The van der Waals surface area contributed by atoms with E-state index in [9.17, 15) is 19.8 Å². The molecule has 0 amide bonds. The van der Waals surface area contributed by atoms with Gasteiger partial charge in [-0.25, -0.2) is 0 Å². The molecule has 0 saturated heterocycles. The molecule has 0 spiro atoms. The Hall–Kier alpha value is -4.18. The molecule has 194 valence electrons. The normalized spacial score (nSPS) is 12.6. The summed E-state index contributed by atoms with van der Waals surface area (Å²) in [5, 5.41) is 22.5. The van der Waals surface area contributed by atoms with Crippen molar-refractivity contribution in [3.63, 3.8) is 0 Å². The molecule has 0 aliphatic heterocycles. The van der Waals surface area contributed by atoms with Gasteiger partial charge in [-0.05, 0) is 65.3 Å². The summed E-state index contributed by atoms with van der Waals surface area (Å²) >= 11 is 0. The van der Waals surface area contributed by atoms with Crippen LogP contribution in [0.4, 0.5) is 0 Å². The van der Waals surface area contributed by atoms with E-state index in [4.69, 9.17) is 0 Å². The first-order valence-electron chi connectivity index (χ1n) is 13.1. The third-order valence-electron chi connectivity index (χ3n) is 7.56. The van der Waals surface area contributed by atoms with Crippen molar-refractivity contribution >= 4 is 12.6 Å². The summed E-state index contributed by atoms with van der Waals surface area (Å²) in [6.45, 7) is 8.09. The van der Waals surface area contributed by atoms with Gasteiger partial charge in [-0.15, -0.1) is 0 Å². The lowest BCUT2D eigenvalue weighted by molar-refractivity contribution is 0.111. The molecular weight excluding hydrogens is 472 g/mol. The van der Waals surface area contributed by atoms with Gasteiger partial charge in [0.2, 0.25) is 0 Å². The number of aryl methyl sites for hydroxylation is 2. The molecule has 0 aliphatic rings. The first-order valence-corrected chi connectivity index (χ1v) is 13.1. The quantitative estimate of drug-likeness (QED) is 0.226. The minimum atomic E-state index is 0.0180. The molecule has 2 N–H and O–H groups in total. The summed E-state index contributed by atoms with van der Waals surface area (Å²) in [7, 11) is 0. The van der Waals surface area contributed by atoms with E-state index in [0.29, 0.717) is 28.7 Å². The van der Waals surface area contributed by atoms with Gasteiger partial charge in [-0.2, -0.15) is 0 Å². The number of phenols is 2. The fourth-order valence-corrected chi connectivity index (χ4v) is 5.18. The molecular formula is C34H34O4. The smallest absolute Gasteiger partial charge is 0.150 e. The lowest BCUT2D eigenvalue weighted by Gasteiger charge is -2.22. The maximum atomic E-state index is 11.3.